The molecular weight excluding hydrogens is 655 g/mol. The van der Waals surface area contributed by atoms with E-state index in [0.717, 1.165) is 62.0 Å². The highest BCUT2D eigenvalue weighted by Gasteiger charge is 2.37. The molecule has 2 aliphatic carbocycles. The number of hydrogen-bond donors (Lipinski definition) is 0. The SMILES string of the molecule is CC1(C)c2ccccc2-c2cc3c(cc21)CC(c1ccc2oc4c(-c5cc(-c6ccccc6)nc(-c6ccccc6)c5)cccc4c2c1)c1ccccc1-3. The Kier molecular flexibility index (Phi) is 6.76. The Bertz CT molecular complexity index is 2880. The molecule has 2 nitrogen and oxygen atoms in total. The molecule has 0 radical (unpaired) electrons. The van der Waals surface area contributed by atoms with Gasteiger partial charge in [-0.2, -0.15) is 0 Å². The summed E-state index contributed by atoms with van der Waals surface area (Å²) in [6.45, 7) is 4.75. The van der Waals surface area contributed by atoms with E-state index in [-0.39, 0.29) is 11.3 Å². The van der Waals surface area contributed by atoms with Gasteiger partial charge in [0.1, 0.15) is 11.2 Å². The van der Waals surface area contributed by atoms with Gasteiger partial charge < -0.3 is 4.42 Å². The molecular formula is C52H37NO. The standard InChI is InChI=1S/C52H37NO/c1-52(2)46-23-12-11-20-40(46)44-31-43-35(28-47(44)52)27-42(38-18-9-10-19-39(38)43)34-24-25-50-45(26-34)41-22-13-21-37(51(41)54-50)36-29-48(32-14-5-3-6-15-32)53-49(30-36)33-16-7-4-8-17-33/h3-26,28-31,42H,27H2,1-2H3. The highest BCUT2D eigenvalue weighted by atomic mass is 16.3. The third kappa shape index (κ3) is 4.69. The first-order chi connectivity index (χ1) is 26.5. The van der Waals surface area contributed by atoms with Crippen LogP contribution in [0.5, 0.6) is 0 Å². The third-order valence-corrected chi connectivity index (χ3v) is 12.1. The maximum absolute atomic E-state index is 6.78. The van der Waals surface area contributed by atoms with Crippen molar-refractivity contribution < 1.29 is 4.42 Å². The van der Waals surface area contributed by atoms with Gasteiger partial charge in [-0.3, -0.25) is 0 Å². The Labute approximate surface area is 315 Å². The number of furan rings is 1. The zero-order valence-corrected chi connectivity index (χ0v) is 30.3. The minimum atomic E-state index is -0.0295. The molecule has 54 heavy (non-hydrogen) atoms. The molecule has 1 atom stereocenters. The molecule has 9 aromatic rings. The van der Waals surface area contributed by atoms with Crippen molar-refractivity contribution >= 4 is 21.9 Å². The Morgan fingerprint density at radius 2 is 1.17 bits per heavy atom. The summed E-state index contributed by atoms with van der Waals surface area (Å²) in [7, 11) is 0. The second-order valence-corrected chi connectivity index (χ2v) is 15.5. The van der Waals surface area contributed by atoms with Gasteiger partial charge in [0.25, 0.3) is 0 Å². The molecule has 256 valence electrons. The van der Waals surface area contributed by atoms with Gasteiger partial charge in [-0.15, -0.1) is 0 Å². The summed E-state index contributed by atoms with van der Waals surface area (Å²) in [4.78, 5) is 5.13. The molecule has 7 aromatic carbocycles. The molecule has 0 saturated carbocycles. The predicted molar refractivity (Wildman–Crippen MR) is 223 cm³/mol. The van der Waals surface area contributed by atoms with E-state index in [1.54, 1.807) is 0 Å². The smallest absolute Gasteiger partial charge is 0.143 e. The largest absolute Gasteiger partial charge is 0.455 e. The first-order valence-corrected chi connectivity index (χ1v) is 19.0. The van der Waals surface area contributed by atoms with Gasteiger partial charge in [-0.05, 0) is 92.4 Å². The summed E-state index contributed by atoms with van der Waals surface area (Å²) in [5.41, 5.74) is 20.4. The lowest BCUT2D eigenvalue weighted by molar-refractivity contribution is 0.657. The number of aromatic nitrogens is 1. The summed E-state index contributed by atoms with van der Waals surface area (Å²) in [5, 5.41) is 2.28. The van der Waals surface area contributed by atoms with E-state index in [0.29, 0.717) is 0 Å². The van der Waals surface area contributed by atoms with Crippen LogP contribution in [0.2, 0.25) is 0 Å². The Morgan fingerprint density at radius 1 is 0.500 bits per heavy atom. The van der Waals surface area contributed by atoms with E-state index in [1.807, 2.05) is 12.1 Å². The topological polar surface area (TPSA) is 26.0 Å². The minimum absolute atomic E-state index is 0.0295. The average Bonchev–Trinajstić information content (AvgIpc) is 3.71. The third-order valence-electron chi connectivity index (χ3n) is 12.1. The highest BCUT2D eigenvalue weighted by molar-refractivity contribution is 6.10. The summed E-state index contributed by atoms with van der Waals surface area (Å²) in [6, 6.07) is 61.7. The second kappa shape index (κ2) is 11.7. The first-order valence-electron chi connectivity index (χ1n) is 19.0. The number of nitrogens with zero attached hydrogens (tertiary/aromatic N) is 1. The van der Waals surface area contributed by atoms with Gasteiger partial charge in [-0.25, -0.2) is 4.98 Å². The van der Waals surface area contributed by atoms with Crippen LogP contribution in [0.3, 0.4) is 0 Å². The van der Waals surface area contributed by atoms with Crippen LogP contribution >= 0.6 is 0 Å². The fourth-order valence-electron chi connectivity index (χ4n) is 9.35. The molecule has 0 aliphatic heterocycles. The van der Waals surface area contributed by atoms with Gasteiger partial charge in [0.2, 0.25) is 0 Å². The molecule has 1 unspecified atom stereocenters. The van der Waals surface area contributed by atoms with Crippen molar-refractivity contribution in [3.63, 3.8) is 0 Å². The maximum atomic E-state index is 6.78. The molecule has 2 aliphatic rings. The van der Waals surface area contributed by atoms with Crippen LogP contribution in [-0.4, -0.2) is 4.98 Å². The van der Waals surface area contributed by atoms with Crippen LogP contribution in [0.4, 0.5) is 0 Å². The predicted octanol–water partition coefficient (Wildman–Crippen LogP) is 13.6. The number of benzene rings is 7. The number of rotatable bonds is 4. The van der Waals surface area contributed by atoms with Crippen molar-refractivity contribution in [2.75, 3.05) is 0 Å². The van der Waals surface area contributed by atoms with Crippen molar-refractivity contribution in [3.8, 4) is 55.9 Å². The Balaban J connectivity index is 1.04. The van der Waals surface area contributed by atoms with E-state index in [1.165, 1.54) is 50.1 Å². The Morgan fingerprint density at radius 3 is 1.93 bits per heavy atom. The second-order valence-electron chi connectivity index (χ2n) is 15.5. The molecule has 0 N–H and O–H groups in total. The molecule has 0 bridgehead atoms. The van der Waals surface area contributed by atoms with Gasteiger partial charge >= 0.3 is 0 Å². The van der Waals surface area contributed by atoms with Crippen LogP contribution in [-0.2, 0) is 11.8 Å². The van der Waals surface area contributed by atoms with Crippen LogP contribution < -0.4 is 0 Å². The summed E-state index contributed by atoms with van der Waals surface area (Å²) in [6.07, 6.45) is 0.958. The first kappa shape index (κ1) is 31.1. The monoisotopic (exact) mass is 691 g/mol. The number of hydrogen-bond acceptors (Lipinski definition) is 2. The lowest BCUT2D eigenvalue weighted by Gasteiger charge is -2.30. The van der Waals surface area contributed by atoms with Crippen LogP contribution in [0.25, 0.3) is 77.8 Å². The quantitative estimate of drug-likeness (QED) is 0.184. The van der Waals surface area contributed by atoms with E-state index in [4.69, 9.17) is 9.40 Å². The molecule has 0 amide bonds. The van der Waals surface area contributed by atoms with Gasteiger partial charge in [0.05, 0.1) is 11.4 Å². The minimum Gasteiger partial charge on any atom is -0.455 e. The van der Waals surface area contributed by atoms with Crippen molar-refractivity contribution in [1.29, 1.82) is 0 Å². The molecule has 0 saturated heterocycles. The van der Waals surface area contributed by atoms with Crippen molar-refractivity contribution in [1.82, 2.24) is 4.98 Å². The fourth-order valence-corrected chi connectivity index (χ4v) is 9.35. The maximum Gasteiger partial charge on any atom is 0.143 e. The number of pyridine rings is 1. The summed E-state index contributed by atoms with van der Waals surface area (Å²) >= 11 is 0. The Hall–Kier alpha value is -6.51. The average molecular weight is 692 g/mol. The van der Waals surface area contributed by atoms with Gasteiger partial charge in [-0.1, -0.05) is 153 Å². The molecule has 11 rings (SSSR count). The normalized spacial score (nSPS) is 15.1. The lowest BCUT2D eigenvalue weighted by Crippen LogP contribution is -2.17. The molecule has 0 spiro atoms. The molecule has 2 heterocycles. The van der Waals surface area contributed by atoms with E-state index < -0.39 is 0 Å². The highest BCUT2D eigenvalue weighted by Crippen LogP contribution is 2.53. The lowest BCUT2D eigenvalue weighted by atomic mass is 9.73. The zero-order valence-electron chi connectivity index (χ0n) is 30.3. The van der Waals surface area contributed by atoms with Crippen LogP contribution in [0.15, 0.2) is 174 Å². The fraction of sp³-hybridized carbons (Fsp3) is 0.0962. The van der Waals surface area contributed by atoms with Gasteiger partial charge in [0, 0.05) is 38.8 Å². The number of fused-ring (bicyclic) bond motifs is 9. The summed E-state index contributed by atoms with van der Waals surface area (Å²) in [5.74, 6) is 0.234. The van der Waals surface area contributed by atoms with E-state index in [9.17, 15) is 0 Å². The van der Waals surface area contributed by atoms with Gasteiger partial charge in [0.15, 0.2) is 0 Å². The molecule has 2 aromatic heterocycles. The van der Waals surface area contributed by atoms with Crippen LogP contribution in [0, 0.1) is 0 Å². The van der Waals surface area contributed by atoms with Crippen molar-refractivity contribution in [3.05, 3.63) is 198 Å². The van der Waals surface area contributed by atoms with Crippen molar-refractivity contribution in [2.24, 2.45) is 0 Å². The van der Waals surface area contributed by atoms with Crippen LogP contribution in [0.1, 0.15) is 47.6 Å². The zero-order chi connectivity index (χ0) is 36.0. The van der Waals surface area contributed by atoms with E-state index in [2.05, 4.69) is 172 Å². The molecule has 2 heteroatoms. The van der Waals surface area contributed by atoms with E-state index >= 15 is 0 Å². The number of para-hydroxylation sites is 1. The molecule has 0 fully saturated rings. The summed E-state index contributed by atoms with van der Waals surface area (Å²) < 4.78 is 6.78. The van der Waals surface area contributed by atoms with Crippen molar-refractivity contribution in [2.45, 2.75) is 31.6 Å².